The van der Waals surface area contributed by atoms with Gasteiger partial charge >= 0.3 is 0 Å². The fourth-order valence-electron chi connectivity index (χ4n) is 3.31. The maximum atomic E-state index is 14.5. The molecule has 3 heterocycles. The largest absolute Gasteiger partial charge is 0.369 e. The molecule has 1 aromatic heterocycles. The Bertz CT molecular complexity index is 957. The molecule has 26 heavy (non-hydrogen) atoms. The van der Waals surface area contributed by atoms with Gasteiger partial charge in [-0.1, -0.05) is 0 Å². The van der Waals surface area contributed by atoms with Crippen LogP contribution < -0.4 is 10.2 Å². The van der Waals surface area contributed by atoms with E-state index < -0.39 is 0 Å². The van der Waals surface area contributed by atoms with E-state index in [4.69, 9.17) is 5.26 Å². The van der Waals surface area contributed by atoms with E-state index in [1.165, 1.54) is 12.3 Å². The monoisotopic (exact) mass is 349 g/mol. The number of benzene rings is 1. The molecule has 0 bridgehead atoms. The molecule has 0 atom stereocenters. The molecule has 4 rings (SSSR count). The van der Waals surface area contributed by atoms with Crippen LogP contribution in [0.15, 0.2) is 35.5 Å². The third kappa shape index (κ3) is 3.02. The standard InChI is InChI=1S/C19H16FN5O/c20-14-8-16-17(9-18(14)25-5-1-2-6-25)23-15(10-19(26)24-16)12-3-4-22-13(7-12)11-21/h3-4,7-9H,1-2,5-6,10H2,(H,24,26). The summed E-state index contributed by atoms with van der Waals surface area (Å²) in [5.74, 6) is -0.633. The van der Waals surface area contributed by atoms with E-state index in [1.54, 1.807) is 18.2 Å². The summed E-state index contributed by atoms with van der Waals surface area (Å²) in [5, 5.41) is 11.8. The van der Waals surface area contributed by atoms with Crippen LogP contribution in [0, 0.1) is 17.1 Å². The summed E-state index contributed by atoms with van der Waals surface area (Å²) in [6, 6.07) is 8.32. The number of nitriles is 1. The van der Waals surface area contributed by atoms with Crippen molar-refractivity contribution < 1.29 is 9.18 Å². The number of nitrogens with zero attached hydrogens (tertiary/aromatic N) is 4. The van der Waals surface area contributed by atoms with Gasteiger partial charge in [0.15, 0.2) is 0 Å². The van der Waals surface area contributed by atoms with Crippen LogP contribution in [-0.4, -0.2) is 29.7 Å². The topological polar surface area (TPSA) is 81.4 Å². The second kappa shape index (κ2) is 6.56. The van der Waals surface area contributed by atoms with Crippen molar-refractivity contribution >= 4 is 28.7 Å². The minimum atomic E-state index is -0.361. The summed E-state index contributed by atoms with van der Waals surface area (Å²) >= 11 is 0. The Morgan fingerprint density at radius 1 is 1.23 bits per heavy atom. The molecule has 1 fully saturated rings. The van der Waals surface area contributed by atoms with Crippen molar-refractivity contribution in [2.75, 3.05) is 23.3 Å². The number of pyridine rings is 1. The number of aliphatic imine (C=N–C) groups is 1. The highest BCUT2D eigenvalue weighted by atomic mass is 19.1. The zero-order valence-corrected chi connectivity index (χ0v) is 14.0. The second-order valence-corrected chi connectivity index (χ2v) is 6.34. The van der Waals surface area contributed by atoms with Gasteiger partial charge in [0, 0.05) is 30.9 Å². The molecule has 1 aromatic carbocycles. The Morgan fingerprint density at radius 3 is 2.81 bits per heavy atom. The molecular weight excluding hydrogens is 333 g/mol. The van der Waals surface area contributed by atoms with Crippen molar-refractivity contribution in [2.45, 2.75) is 19.3 Å². The minimum Gasteiger partial charge on any atom is -0.369 e. The molecule has 0 unspecified atom stereocenters. The van der Waals surface area contributed by atoms with E-state index in [2.05, 4.69) is 15.3 Å². The molecule has 1 amide bonds. The van der Waals surface area contributed by atoms with E-state index >= 15 is 0 Å². The van der Waals surface area contributed by atoms with Crippen LogP contribution in [0.4, 0.5) is 21.5 Å². The maximum Gasteiger partial charge on any atom is 0.230 e. The van der Waals surface area contributed by atoms with Gasteiger partial charge in [-0.3, -0.25) is 9.79 Å². The fraction of sp³-hybridized carbons (Fsp3) is 0.263. The van der Waals surface area contributed by atoms with Crippen LogP contribution in [0.5, 0.6) is 0 Å². The van der Waals surface area contributed by atoms with Crippen LogP contribution in [0.2, 0.25) is 0 Å². The molecule has 0 aliphatic carbocycles. The number of fused-ring (bicyclic) bond motifs is 1. The van der Waals surface area contributed by atoms with Gasteiger partial charge < -0.3 is 10.2 Å². The third-order valence-corrected chi connectivity index (χ3v) is 4.58. The molecule has 0 saturated carbocycles. The smallest absolute Gasteiger partial charge is 0.230 e. The normalized spacial score (nSPS) is 16.4. The molecule has 0 spiro atoms. The molecular formula is C19H16FN5O. The Hall–Kier alpha value is -3.27. The Labute approximate surface area is 150 Å². The minimum absolute atomic E-state index is 0.0459. The first-order valence-corrected chi connectivity index (χ1v) is 8.46. The lowest BCUT2D eigenvalue weighted by molar-refractivity contribution is -0.115. The van der Waals surface area contributed by atoms with Crippen LogP contribution in [-0.2, 0) is 4.79 Å². The van der Waals surface area contributed by atoms with Crippen LogP contribution in [0.25, 0.3) is 0 Å². The number of carbonyl (C=O) groups excluding carboxylic acids is 1. The molecule has 0 radical (unpaired) electrons. The number of hydrogen-bond acceptors (Lipinski definition) is 5. The number of hydrogen-bond donors (Lipinski definition) is 1. The zero-order valence-electron chi connectivity index (χ0n) is 14.0. The van der Waals surface area contributed by atoms with Gasteiger partial charge in [-0.05, 0) is 31.0 Å². The first-order valence-electron chi connectivity index (χ1n) is 8.46. The lowest BCUT2D eigenvalue weighted by Gasteiger charge is -2.19. The first kappa shape index (κ1) is 16.2. The number of halogens is 1. The van der Waals surface area contributed by atoms with Gasteiger partial charge in [-0.15, -0.1) is 0 Å². The van der Waals surface area contributed by atoms with Gasteiger partial charge in [0.05, 0.1) is 29.2 Å². The number of rotatable bonds is 2. The summed E-state index contributed by atoms with van der Waals surface area (Å²) in [6.45, 7) is 1.63. The van der Waals surface area contributed by atoms with Crippen molar-refractivity contribution in [3.05, 3.63) is 47.5 Å². The molecule has 7 heteroatoms. The third-order valence-electron chi connectivity index (χ3n) is 4.58. The van der Waals surface area contributed by atoms with Crippen LogP contribution in [0.3, 0.4) is 0 Å². The first-order chi connectivity index (χ1) is 12.6. The Morgan fingerprint density at radius 2 is 2.04 bits per heavy atom. The van der Waals surface area contributed by atoms with Crippen molar-refractivity contribution in [3.8, 4) is 6.07 Å². The van der Waals surface area contributed by atoms with Gasteiger partial charge in [-0.2, -0.15) is 5.26 Å². The van der Waals surface area contributed by atoms with E-state index in [9.17, 15) is 9.18 Å². The van der Waals surface area contributed by atoms with E-state index in [1.807, 2.05) is 11.0 Å². The second-order valence-electron chi connectivity index (χ2n) is 6.34. The summed E-state index contributed by atoms with van der Waals surface area (Å²) in [6.07, 6.45) is 3.64. The predicted molar refractivity (Wildman–Crippen MR) is 96.2 cm³/mol. The number of carbonyl (C=O) groups is 1. The molecule has 6 nitrogen and oxygen atoms in total. The lowest BCUT2D eigenvalue weighted by atomic mass is 10.1. The van der Waals surface area contributed by atoms with E-state index in [-0.39, 0.29) is 23.8 Å². The van der Waals surface area contributed by atoms with Crippen molar-refractivity contribution in [1.82, 2.24) is 4.98 Å². The van der Waals surface area contributed by atoms with E-state index in [0.29, 0.717) is 28.3 Å². The summed E-state index contributed by atoms with van der Waals surface area (Å²) < 4.78 is 14.5. The average molecular weight is 349 g/mol. The number of anilines is 2. The maximum absolute atomic E-state index is 14.5. The van der Waals surface area contributed by atoms with Gasteiger partial charge in [0.1, 0.15) is 17.6 Å². The Balaban J connectivity index is 1.81. The van der Waals surface area contributed by atoms with Gasteiger partial charge in [0.25, 0.3) is 0 Å². The quantitative estimate of drug-likeness (QED) is 0.903. The van der Waals surface area contributed by atoms with E-state index in [0.717, 1.165) is 25.9 Å². The average Bonchev–Trinajstić information content (AvgIpc) is 3.12. The highest BCUT2D eigenvalue weighted by Crippen LogP contribution is 2.36. The highest BCUT2D eigenvalue weighted by Gasteiger charge is 2.22. The lowest BCUT2D eigenvalue weighted by Crippen LogP contribution is -2.19. The molecule has 2 aliphatic rings. The van der Waals surface area contributed by atoms with Gasteiger partial charge in [-0.25, -0.2) is 9.37 Å². The van der Waals surface area contributed by atoms with Crippen LogP contribution >= 0.6 is 0 Å². The SMILES string of the molecule is N#Cc1cc(C2=Nc3cc(N4CCCC4)c(F)cc3NC(=O)C2)ccn1. The molecule has 1 saturated heterocycles. The summed E-state index contributed by atoms with van der Waals surface area (Å²) in [4.78, 5) is 22.8. The molecule has 2 aromatic rings. The van der Waals surface area contributed by atoms with Crippen molar-refractivity contribution in [3.63, 3.8) is 0 Å². The highest BCUT2D eigenvalue weighted by molar-refractivity contribution is 6.17. The van der Waals surface area contributed by atoms with Crippen molar-refractivity contribution in [1.29, 1.82) is 5.26 Å². The fourth-order valence-corrected chi connectivity index (χ4v) is 3.31. The summed E-state index contributed by atoms with van der Waals surface area (Å²) in [7, 11) is 0. The number of aromatic nitrogens is 1. The Kier molecular flexibility index (Phi) is 4.09. The molecule has 1 N–H and O–H groups in total. The van der Waals surface area contributed by atoms with Crippen molar-refractivity contribution in [2.24, 2.45) is 4.99 Å². The molecule has 2 aliphatic heterocycles. The predicted octanol–water partition coefficient (Wildman–Crippen LogP) is 3.16. The zero-order chi connectivity index (χ0) is 18.1. The number of amides is 1. The summed E-state index contributed by atoms with van der Waals surface area (Å²) in [5.41, 5.74) is 2.83. The number of nitrogens with one attached hydrogen (secondary N) is 1. The molecule has 130 valence electrons. The van der Waals surface area contributed by atoms with Crippen LogP contribution in [0.1, 0.15) is 30.5 Å². The van der Waals surface area contributed by atoms with Gasteiger partial charge in [0.2, 0.25) is 5.91 Å².